The lowest BCUT2D eigenvalue weighted by molar-refractivity contribution is -0.385. The number of carbonyl (C=O) groups is 1. The molecule has 0 aromatic carbocycles. The molecule has 1 amide bonds. The van der Waals surface area contributed by atoms with Gasteiger partial charge in [-0.05, 0) is 32.6 Å². The van der Waals surface area contributed by atoms with E-state index in [1.54, 1.807) is 13.8 Å². The molecule has 0 bridgehead atoms. The van der Waals surface area contributed by atoms with Crippen LogP contribution in [0.2, 0.25) is 0 Å². The summed E-state index contributed by atoms with van der Waals surface area (Å²) in [7, 11) is 0. The molecule has 1 aromatic heterocycles. The average molecular weight is 323 g/mol. The van der Waals surface area contributed by atoms with E-state index in [1.165, 1.54) is 30.1 Å². The van der Waals surface area contributed by atoms with Gasteiger partial charge in [-0.2, -0.15) is 5.10 Å². The van der Waals surface area contributed by atoms with Crippen molar-refractivity contribution in [3.05, 3.63) is 22.5 Å². The lowest BCUT2D eigenvalue weighted by atomic mass is 9.83. The van der Waals surface area contributed by atoms with Crippen molar-refractivity contribution in [3.63, 3.8) is 0 Å². The molecule has 1 unspecified atom stereocenters. The highest BCUT2D eigenvalue weighted by molar-refractivity contribution is 5.83. The maximum absolute atomic E-state index is 12.7. The Bertz CT molecular complexity index is 563. The molecular formula is C15H25N5O3. The quantitative estimate of drug-likeness (QED) is 0.608. The van der Waals surface area contributed by atoms with Crippen LogP contribution in [0.25, 0.3) is 0 Å². The fraction of sp³-hybridized carbons (Fsp3) is 0.733. The second-order valence-corrected chi connectivity index (χ2v) is 6.67. The van der Waals surface area contributed by atoms with Crippen LogP contribution in [0.5, 0.6) is 0 Å². The molecule has 1 saturated carbocycles. The second kappa shape index (κ2) is 7.08. The Morgan fingerprint density at radius 1 is 1.52 bits per heavy atom. The number of hydrogen-bond acceptors (Lipinski definition) is 5. The van der Waals surface area contributed by atoms with E-state index in [0.29, 0.717) is 12.5 Å². The highest BCUT2D eigenvalue weighted by Crippen LogP contribution is 2.27. The van der Waals surface area contributed by atoms with Crippen molar-refractivity contribution in [2.45, 2.75) is 57.5 Å². The molecule has 0 radical (unpaired) electrons. The third-order valence-electron chi connectivity index (χ3n) is 4.70. The molecule has 0 saturated heterocycles. The standard InChI is InChI=1S/C15H25N5O3/c1-15(2,19-10-12(9-17-19)20(22)23)14(21)18-13(8-16)11-6-4-3-5-7-11/h9-11,13H,3-8,16H2,1-2H3,(H,18,21). The summed E-state index contributed by atoms with van der Waals surface area (Å²) < 4.78 is 1.33. The Morgan fingerprint density at radius 3 is 2.70 bits per heavy atom. The molecule has 1 atom stereocenters. The molecule has 2 rings (SSSR count). The van der Waals surface area contributed by atoms with Gasteiger partial charge in [0, 0.05) is 12.6 Å². The monoisotopic (exact) mass is 323 g/mol. The Morgan fingerprint density at radius 2 is 2.17 bits per heavy atom. The van der Waals surface area contributed by atoms with E-state index in [0.717, 1.165) is 19.0 Å². The van der Waals surface area contributed by atoms with Gasteiger partial charge >= 0.3 is 5.69 Å². The van der Waals surface area contributed by atoms with Crippen LogP contribution in [0.1, 0.15) is 46.0 Å². The second-order valence-electron chi connectivity index (χ2n) is 6.67. The molecule has 1 aliphatic carbocycles. The molecule has 128 valence electrons. The first-order valence-electron chi connectivity index (χ1n) is 8.07. The van der Waals surface area contributed by atoms with Crippen LogP contribution in [0, 0.1) is 16.0 Å². The lowest BCUT2D eigenvalue weighted by Crippen LogP contribution is -2.53. The molecule has 3 N–H and O–H groups in total. The molecule has 1 heterocycles. The molecule has 1 fully saturated rings. The van der Waals surface area contributed by atoms with Gasteiger partial charge in [0.1, 0.15) is 17.9 Å². The van der Waals surface area contributed by atoms with Gasteiger partial charge < -0.3 is 11.1 Å². The molecule has 23 heavy (non-hydrogen) atoms. The summed E-state index contributed by atoms with van der Waals surface area (Å²) in [4.78, 5) is 22.9. The predicted octanol–water partition coefficient (Wildman–Crippen LogP) is 1.55. The van der Waals surface area contributed by atoms with Crippen molar-refractivity contribution in [2.24, 2.45) is 11.7 Å². The van der Waals surface area contributed by atoms with Crippen molar-refractivity contribution in [1.29, 1.82) is 0 Å². The molecule has 1 aromatic rings. The van der Waals surface area contributed by atoms with E-state index in [2.05, 4.69) is 10.4 Å². The highest BCUT2D eigenvalue weighted by atomic mass is 16.6. The molecule has 0 aliphatic heterocycles. The fourth-order valence-corrected chi connectivity index (χ4v) is 3.07. The molecule has 0 spiro atoms. The van der Waals surface area contributed by atoms with Crippen molar-refractivity contribution in [2.75, 3.05) is 6.54 Å². The molecule has 8 heteroatoms. The minimum Gasteiger partial charge on any atom is -0.350 e. The van der Waals surface area contributed by atoms with Gasteiger partial charge in [-0.1, -0.05) is 19.3 Å². The molecular weight excluding hydrogens is 298 g/mol. The van der Waals surface area contributed by atoms with Crippen LogP contribution in [-0.2, 0) is 10.3 Å². The van der Waals surface area contributed by atoms with Crippen LogP contribution in [0.3, 0.4) is 0 Å². The Hall–Kier alpha value is -1.96. The Balaban J connectivity index is 2.08. The number of hydrogen-bond donors (Lipinski definition) is 2. The third-order valence-corrected chi connectivity index (χ3v) is 4.70. The first-order valence-corrected chi connectivity index (χ1v) is 8.07. The molecule has 1 aliphatic rings. The highest BCUT2D eigenvalue weighted by Gasteiger charge is 2.34. The lowest BCUT2D eigenvalue weighted by Gasteiger charge is -2.33. The number of nitrogens with zero attached hydrogens (tertiary/aromatic N) is 3. The summed E-state index contributed by atoms with van der Waals surface area (Å²) >= 11 is 0. The fourth-order valence-electron chi connectivity index (χ4n) is 3.07. The van der Waals surface area contributed by atoms with Crippen molar-refractivity contribution in [1.82, 2.24) is 15.1 Å². The van der Waals surface area contributed by atoms with E-state index in [4.69, 9.17) is 5.73 Å². The van der Waals surface area contributed by atoms with E-state index < -0.39 is 10.5 Å². The summed E-state index contributed by atoms with van der Waals surface area (Å²) in [6.07, 6.45) is 8.17. The summed E-state index contributed by atoms with van der Waals surface area (Å²) in [5.41, 5.74) is 4.70. The summed E-state index contributed by atoms with van der Waals surface area (Å²) in [6.45, 7) is 3.77. The number of nitrogens with one attached hydrogen (secondary N) is 1. The largest absolute Gasteiger partial charge is 0.350 e. The Kier molecular flexibility index (Phi) is 5.35. The van der Waals surface area contributed by atoms with Gasteiger partial charge in [-0.3, -0.25) is 19.6 Å². The van der Waals surface area contributed by atoms with Gasteiger partial charge in [-0.15, -0.1) is 0 Å². The zero-order valence-corrected chi connectivity index (χ0v) is 13.7. The van der Waals surface area contributed by atoms with Gasteiger partial charge in [-0.25, -0.2) is 0 Å². The summed E-state index contributed by atoms with van der Waals surface area (Å²) in [6, 6.07) is -0.0624. The van der Waals surface area contributed by atoms with Crippen LogP contribution >= 0.6 is 0 Å². The number of rotatable bonds is 6. The number of aromatic nitrogens is 2. The Labute approximate surface area is 135 Å². The van der Waals surface area contributed by atoms with E-state index in [1.807, 2.05) is 0 Å². The maximum Gasteiger partial charge on any atom is 0.307 e. The third kappa shape index (κ3) is 3.87. The van der Waals surface area contributed by atoms with Crippen LogP contribution < -0.4 is 11.1 Å². The molecule has 8 nitrogen and oxygen atoms in total. The minimum absolute atomic E-state index is 0.0624. The van der Waals surface area contributed by atoms with Gasteiger partial charge in [0.2, 0.25) is 5.91 Å². The van der Waals surface area contributed by atoms with Crippen LogP contribution in [0.15, 0.2) is 12.4 Å². The number of nitrogens with two attached hydrogens (primary N) is 1. The predicted molar refractivity (Wildman–Crippen MR) is 85.8 cm³/mol. The van der Waals surface area contributed by atoms with Gasteiger partial charge in [0.15, 0.2) is 0 Å². The van der Waals surface area contributed by atoms with Crippen molar-refractivity contribution < 1.29 is 9.72 Å². The van der Waals surface area contributed by atoms with Crippen molar-refractivity contribution >= 4 is 11.6 Å². The first kappa shape index (κ1) is 17.4. The van der Waals surface area contributed by atoms with Gasteiger partial charge in [0.25, 0.3) is 0 Å². The number of nitro groups is 1. The number of carbonyl (C=O) groups excluding carboxylic acids is 1. The maximum atomic E-state index is 12.7. The zero-order chi connectivity index (χ0) is 17.0. The average Bonchev–Trinajstić information content (AvgIpc) is 3.04. The van der Waals surface area contributed by atoms with E-state index in [-0.39, 0.29) is 17.6 Å². The summed E-state index contributed by atoms with van der Waals surface area (Å²) in [5.74, 6) is 0.178. The van der Waals surface area contributed by atoms with Crippen LogP contribution in [-0.4, -0.2) is 33.2 Å². The van der Waals surface area contributed by atoms with Crippen molar-refractivity contribution in [3.8, 4) is 0 Å². The summed E-state index contributed by atoms with van der Waals surface area (Å²) in [5, 5.41) is 17.8. The SMILES string of the molecule is CC(C)(C(=O)NC(CN)C1CCCCC1)n1cc([N+](=O)[O-])cn1. The minimum atomic E-state index is -1.02. The zero-order valence-electron chi connectivity index (χ0n) is 13.7. The van der Waals surface area contributed by atoms with Gasteiger partial charge in [0.05, 0.1) is 4.92 Å². The number of amides is 1. The van der Waals surface area contributed by atoms with E-state index in [9.17, 15) is 14.9 Å². The topological polar surface area (TPSA) is 116 Å². The normalized spacial score (nSPS) is 17.7. The van der Waals surface area contributed by atoms with E-state index >= 15 is 0 Å². The first-order chi connectivity index (χ1) is 10.9. The van der Waals surface area contributed by atoms with Crippen LogP contribution in [0.4, 0.5) is 5.69 Å². The smallest absolute Gasteiger partial charge is 0.307 e.